The first-order chi connectivity index (χ1) is 22.3. The molecule has 46 heavy (non-hydrogen) atoms. The van der Waals surface area contributed by atoms with Crippen LogP contribution in [-0.4, -0.2) is 70.5 Å². The van der Waals surface area contributed by atoms with Gasteiger partial charge in [0.25, 0.3) is 0 Å². The molecule has 4 rings (SSSR count). The van der Waals surface area contributed by atoms with Crippen molar-refractivity contribution in [1.82, 2.24) is 10.2 Å². The van der Waals surface area contributed by atoms with Crippen molar-refractivity contribution in [1.29, 1.82) is 0 Å². The zero-order chi connectivity index (χ0) is 33.1. The Morgan fingerprint density at radius 2 is 1.63 bits per heavy atom. The van der Waals surface area contributed by atoms with Gasteiger partial charge in [0.15, 0.2) is 11.5 Å². The number of nitrogens with zero attached hydrogens (tertiary/aromatic N) is 1. The highest BCUT2D eigenvalue weighted by molar-refractivity contribution is 5.96. The summed E-state index contributed by atoms with van der Waals surface area (Å²) in [5.41, 5.74) is 3.58. The number of ether oxygens (including phenoxy) is 2. The van der Waals surface area contributed by atoms with E-state index in [0.717, 1.165) is 30.4 Å². The van der Waals surface area contributed by atoms with Gasteiger partial charge in [0.2, 0.25) is 11.8 Å². The minimum atomic E-state index is -1.15. The molecule has 2 aromatic rings. The smallest absolute Gasteiger partial charge is 0.247 e. The summed E-state index contributed by atoms with van der Waals surface area (Å²) in [5, 5.41) is 34.0. The van der Waals surface area contributed by atoms with E-state index in [0.29, 0.717) is 34.6 Å². The van der Waals surface area contributed by atoms with Gasteiger partial charge in [-0.3, -0.25) is 9.59 Å². The summed E-state index contributed by atoms with van der Waals surface area (Å²) in [6.45, 7) is 4.08. The molecular weight excluding hydrogens is 584 g/mol. The first-order valence-corrected chi connectivity index (χ1v) is 16.9. The van der Waals surface area contributed by atoms with Gasteiger partial charge >= 0.3 is 0 Å². The fourth-order valence-corrected chi connectivity index (χ4v) is 6.60. The van der Waals surface area contributed by atoms with E-state index in [1.54, 1.807) is 23.1 Å². The van der Waals surface area contributed by atoms with Crippen LogP contribution in [0.3, 0.4) is 0 Å². The Morgan fingerprint density at radius 3 is 2.26 bits per heavy atom. The predicted molar refractivity (Wildman–Crippen MR) is 178 cm³/mol. The Kier molecular flexibility index (Phi) is 13.5. The summed E-state index contributed by atoms with van der Waals surface area (Å²) < 4.78 is 11.9. The van der Waals surface area contributed by atoms with Crippen LogP contribution >= 0.6 is 0 Å². The third-order valence-corrected chi connectivity index (χ3v) is 9.14. The predicted octanol–water partition coefficient (Wildman–Crippen LogP) is 5.07. The Bertz CT molecular complexity index is 1330. The number of hydrogen-bond acceptors (Lipinski definition) is 7. The van der Waals surface area contributed by atoms with Gasteiger partial charge in [0.1, 0.15) is 12.2 Å². The van der Waals surface area contributed by atoms with Gasteiger partial charge in [-0.2, -0.15) is 0 Å². The molecule has 2 aliphatic rings. The molecule has 4 atom stereocenters. The van der Waals surface area contributed by atoms with Crippen LogP contribution in [0.4, 0.5) is 0 Å². The number of nitrogens with one attached hydrogen (secondary N) is 1. The number of fused-ring (bicyclic) bond motifs is 3. The van der Waals surface area contributed by atoms with Crippen molar-refractivity contribution in [2.45, 2.75) is 115 Å². The van der Waals surface area contributed by atoms with Crippen molar-refractivity contribution >= 4 is 11.8 Å². The molecule has 2 amide bonds. The summed E-state index contributed by atoms with van der Waals surface area (Å²) in [6.07, 6.45) is 10.3. The average Bonchev–Trinajstić information content (AvgIpc) is 3.46. The molecule has 0 bridgehead atoms. The second-order valence-electron chi connectivity index (χ2n) is 12.6. The summed E-state index contributed by atoms with van der Waals surface area (Å²) >= 11 is 0. The third kappa shape index (κ3) is 8.69. The van der Waals surface area contributed by atoms with Crippen molar-refractivity contribution in [3.63, 3.8) is 0 Å². The minimum Gasteiger partial charge on any atom is -0.493 e. The number of carbonyl (C=O) groups excluding carboxylic acids is 2. The molecule has 2 aromatic carbocycles. The molecule has 0 radical (unpaired) electrons. The fraction of sp³-hybridized carbons (Fsp3) is 0.568. The van der Waals surface area contributed by atoms with Crippen LogP contribution in [0, 0.1) is 6.92 Å². The maximum atomic E-state index is 14.0. The van der Waals surface area contributed by atoms with Crippen molar-refractivity contribution in [2.75, 3.05) is 20.3 Å². The Hall–Kier alpha value is -3.40. The van der Waals surface area contributed by atoms with Crippen LogP contribution in [0.5, 0.6) is 11.5 Å². The molecule has 252 valence electrons. The topological polar surface area (TPSA) is 129 Å². The molecule has 0 fully saturated rings. The fourth-order valence-electron chi connectivity index (χ4n) is 6.60. The molecule has 1 aliphatic heterocycles. The van der Waals surface area contributed by atoms with Crippen molar-refractivity contribution in [3.05, 3.63) is 70.3 Å². The number of benzene rings is 2. The second-order valence-corrected chi connectivity index (χ2v) is 12.6. The van der Waals surface area contributed by atoms with E-state index in [9.17, 15) is 24.9 Å². The largest absolute Gasteiger partial charge is 0.493 e. The first kappa shape index (κ1) is 35.5. The van der Waals surface area contributed by atoms with Gasteiger partial charge in [0, 0.05) is 30.6 Å². The molecule has 1 heterocycles. The van der Waals surface area contributed by atoms with Crippen molar-refractivity contribution < 1.29 is 34.4 Å². The number of unbranched alkanes of at least 4 members (excludes halogenated alkanes) is 8. The molecule has 1 aliphatic carbocycles. The van der Waals surface area contributed by atoms with Crippen LogP contribution < -0.4 is 14.8 Å². The zero-order valence-electron chi connectivity index (χ0n) is 27.7. The van der Waals surface area contributed by atoms with E-state index in [1.165, 1.54) is 45.6 Å². The van der Waals surface area contributed by atoms with Gasteiger partial charge in [-0.25, -0.2) is 0 Å². The van der Waals surface area contributed by atoms with E-state index in [4.69, 9.17) is 9.47 Å². The number of carbonyl (C=O) groups is 2. The molecular formula is C37H52N2O7. The number of aliphatic hydroxyl groups excluding tert-OH is 3. The van der Waals surface area contributed by atoms with Crippen LogP contribution in [-0.2, 0) is 22.7 Å². The summed E-state index contributed by atoms with van der Waals surface area (Å²) in [5.74, 6) is -0.358. The summed E-state index contributed by atoms with van der Waals surface area (Å²) in [6, 6.07) is 10.6. The number of aliphatic hydroxyl groups is 3. The highest BCUT2D eigenvalue weighted by atomic mass is 16.5. The number of rotatable bonds is 18. The van der Waals surface area contributed by atoms with Gasteiger partial charge in [-0.1, -0.05) is 88.1 Å². The molecule has 0 unspecified atom stereocenters. The maximum Gasteiger partial charge on any atom is 0.247 e. The summed E-state index contributed by atoms with van der Waals surface area (Å²) in [7, 11) is 1.50. The van der Waals surface area contributed by atoms with Crippen LogP contribution in [0.2, 0.25) is 0 Å². The Labute approximate surface area is 273 Å². The van der Waals surface area contributed by atoms with Crippen LogP contribution in [0.1, 0.15) is 99.3 Å². The lowest BCUT2D eigenvalue weighted by molar-refractivity contribution is -0.138. The first-order valence-electron chi connectivity index (χ1n) is 16.9. The normalized spacial score (nSPS) is 19.9. The summed E-state index contributed by atoms with van der Waals surface area (Å²) in [4.78, 5) is 29.3. The minimum absolute atomic E-state index is 0.0547. The number of amides is 2. The Balaban J connectivity index is 1.62. The molecule has 9 heteroatoms. The standard InChI is InChI=1S/C37H52N2O7/c1-4-5-6-7-8-9-10-11-12-13-32(42)39(23-26-16-14-25(2)15-17-26)30-22-29(37(44)38-18-19-40)33-28-20-27(24-41)21-31(45-3)35(28)46-36(33)34(30)43/h14-17,20-22,30,33-34,36,40-41,43H,4-13,18-19,23-24H2,1-3H3,(H,38,44)/t30-,33+,34+,36+/m1/s1. The lowest BCUT2D eigenvalue weighted by Crippen LogP contribution is -2.55. The Morgan fingerprint density at radius 1 is 0.957 bits per heavy atom. The van der Waals surface area contributed by atoms with Gasteiger partial charge < -0.3 is 35.0 Å². The number of methoxy groups -OCH3 is 1. The lowest BCUT2D eigenvalue weighted by atomic mass is 9.77. The molecule has 9 nitrogen and oxygen atoms in total. The van der Waals surface area contributed by atoms with E-state index < -0.39 is 30.1 Å². The molecule has 0 saturated heterocycles. The average molecular weight is 637 g/mol. The highest BCUT2D eigenvalue weighted by Crippen LogP contribution is 2.51. The van der Waals surface area contributed by atoms with Crippen molar-refractivity contribution in [3.8, 4) is 11.5 Å². The van der Waals surface area contributed by atoms with E-state index in [-0.39, 0.29) is 32.2 Å². The van der Waals surface area contributed by atoms with Gasteiger partial charge in [-0.05, 0) is 42.7 Å². The maximum absolute atomic E-state index is 14.0. The number of hydrogen-bond donors (Lipinski definition) is 4. The van der Waals surface area contributed by atoms with Gasteiger partial charge in [-0.15, -0.1) is 0 Å². The van der Waals surface area contributed by atoms with E-state index >= 15 is 0 Å². The van der Waals surface area contributed by atoms with E-state index in [2.05, 4.69) is 12.2 Å². The molecule has 0 aromatic heterocycles. The SMILES string of the molecule is CCCCCCCCCCCC(=O)N(Cc1ccc(C)cc1)[C@@H]1C=C(C(=O)NCCO)[C@@H]2c3cc(CO)cc(OC)c3O[C@@H]2[C@H]1O. The van der Waals surface area contributed by atoms with Crippen molar-refractivity contribution in [2.24, 2.45) is 0 Å². The highest BCUT2D eigenvalue weighted by Gasteiger charge is 2.51. The number of aryl methyl sites for hydroxylation is 1. The third-order valence-electron chi connectivity index (χ3n) is 9.14. The van der Waals surface area contributed by atoms with Crippen LogP contribution in [0.25, 0.3) is 0 Å². The van der Waals surface area contributed by atoms with Gasteiger partial charge in [0.05, 0.1) is 32.3 Å². The zero-order valence-corrected chi connectivity index (χ0v) is 27.7. The second kappa shape index (κ2) is 17.5. The quantitative estimate of drug-likeness (QED) is 0.168. The monoisotopic (exact) mass is 636 g/mol. The van der Waals surface area contributed by atoms with Crippen LogP contribution in [0.15, 0.2) is 48.0 Å². The lowest BCUT2D eigenvalue weighted by Gasteiger charge is -2.41. The molecule has 0 spiro atoms. The molecule has 4 N–H and O–H groups in total. The van der Waals surface area contributed by atoms with E-state index in [1.807, 2.05) is 31.2 Å². The molecule has 0 saturated carbocycles.